The highest BCUT2D eigenvalue weighted by molar-refractivity contribution is 5.93. The summed E-state index contributed by atoms with van der Waals surface area (Å²) in [4.78, 5) is 25.4. The zero-order valence-electron chi connectivity index (χ0n) is 12.0. The Hall–Kier alpha value is -2.30. The second-order valence-corrected chi connectivity index (χ2v) is 4.73. The van der Waals surface area contributed by atoms with E-state index < -0.39 is 0 Å². The molecule has 0 spiro atoms. The van der Waals surface area contributed by atoms with Gasteiger partial charge in [-0.05, 0) is 13.0 Å². The largest absolute Gasteiger partial charge is 0.375 e. The van der Waals surface area contributed by atoms with E-state index in [-0.39, 0.29) is 18.0 Å². The van der Waals surface area contributed by atoms with Gasteiger partial charge in [0.2, 0.25) is 5.91 Å². The minimum Gasteiger partial charge on any atom is -0.375 e. The van der Waals surface area contributed by atoms with Crippen molar-refractivity contribution in [3.05, 3.63) is 40.7 Å². The molecule has 0 atom stereocenters. The lowest BCUT2D eigenvalue weighted by Gasteiger charge is -2.16. The summed E-state index contributed by atoms with van der Waals surface area (Å²) in [7, 11) is 3.50. The summed E-state index contributed by atoms with van der Waals surface area (Å²) >= 11 is 0. The fraction of sp³-hybridized carbons (Fsp3) is 0.333. The van der Waals surface area contributed by atoms with Crippen molar-refractivity contribution in [1.82, 2.24) is 9.47 Å². The van der Waals surface area contributed by atoms with E-state index in [1.807, 2.05) is 31.2 Å². The molecule has 0 saturated carbocycles. The summed E-state index contributed by atoms with van der Waals surface area (Å²) in [6.07, 6.45) is 0. The molecule has 0 fully saturated rings. The second kappa shape index (κ2) is 5.77. The molecule has 20 heavy (non-hydrogen) atoms. The molecule has 106 valence electrons. The van der Waals surface area contributed by atoms with Gasteiger partial charge in [0.05, 0.1) is 12.1 Å². The third-order valence-electron chi connectivity index (χ3n) is 3.48. The first-order valence-corrected chi connectivity index (χ1v) is 6.61. The number of aromatic nitrogens is 1. The van der Waals surface area contributed by atoms with E-state index in [0.717, 1.165) is 10.9 Å². The molecule has 2 rings (SSSR count). The monoisotopic (exact) mass is 273 g/mol. The molecule has 1 aromatic heterocycles. The van der Waals surface area contributed by atoms with Crippen molar-refractivity contribution in [3.63, 3.8) is 0 Å². The van der Waals surface area contributed by atoms with Crippen LogP contribution in [0.2, 0.25) is 0 Å². The van der Waals surface area contributed by atoms with Crippen LogP contribution in [0.15, 0.2) is 35.1 Å². The van der Waals surface area contributed by atoms with Crippen LogP contribution in [0, 0.1) is 0 Å². The number of rotatable bonds is 4. The maximum absolute atomic E-state index is 11.9. The summed E-state index contributed by atoms with van der Waals surface area (Å²) in [6.45, 7) is 2.77. The summed E-state index contributed by atoms with van der Waals surface area (Å²) in [5.41, 5.74) is 1.45. The van der Waals surface area contributed by atoms with E-state index >= 15 is 0 Å². The average Bonchev–Trinajstić information content (AvgIpc) is 2.48. The van der Waals surface area contributed by atoms with Crippen molar-refractivity contribution >= 4 is 22.5 Å². The van der Waals surface area contributed by atoms with Crippen LogP contribution in [0.25, 0.3) is 10.9 Å². The van der Waals surface area contributed by atoms with Gasteiger partial charge >= 0.3 is 0 Å². The summed E-state index contributed by atoms with van der Waals surface area (Å²) in [5, 5.41) is 4.00. The molecule has 0 bridgehead atoms. The third kappa shape index (κ3) is 2.66. The van der Waals surface area contributed by atoms with Crippen LogP contribution in [-0.2, 0) is 11.8 Å². The highest BCUT2D eigenvalue weighted by atomic mass is 16.2. The zero-order chi connectivity index (χ0) is 14.7. The predicted octanol–water partition coefficient (Wildman–Crippen LogP) is 1.43. The van der Waals surface area contributed by atoms with Crippen LogP contribution in [0.1, 0.15) is 6.92 Å². The van der Waals surface area contributed by atoms with Gasteiger partial charge in [0.1, 0.15) is 0 Å². The number of hydrogen-bond acceptors (Lipinski definition) is 3. The molecule has 5 heteroatoms. The molecule has 0 aliphatic carbocycles. The standard InChI is InChI=1S/C15H19N3O2/c1-4-17(2)15(20)10-16-12-9-14(19)18(3)13-8-6-5-7-11(12)13/h5-9,16H,4,10H2,1-3H3. The number of likely N-dealkylation sites (N-methyl/N-ethyl adjacent to an activating group) is 1. The molecule has 0 aliphatic rings. The van der Waals surface area contributed by atoms with Crippen molar-refractivity contribution in [1.29, 1.82) is 0 Å². The fourth-order valence-electron chi connectivity index (χ4n) is 2.04. The number of aryl methyl sites for hydroxylation is 1. The van der Waals surface area contributed by atoms with E-state index in [2.05, 4.69) is 5.32 Å². The van der Waals surface area contributed by atoms with Crippen molar-refractivity contribution in [2.24, 2.45) is 7.05 Å². The maximum atomic E-state index is 11.9. The van der Waals surface area contributed by atoms with Gasteiger partial charge in [0.25, 0.3) is 5.56 Å². The molecule has 1 heterocycles. The number of hydrogen-bond donors (Lipinski definition) is 1. The Balaban J connectivity index is 2.33. The normalized spacial score (nSPS) is 10.6. The van der Waals surface area contributed by atoms with Crippen LogP contribution < -0.4 is 10.9 Å². The second-order valence-electron chi connectivity index (χ2n) is 4.73. The van der Waals surface area contributed by atoms with E-state index in [0.29, 0.717) is 12.2 Å². The molecule has 2 aromatic rings. The SMILES string of the molecule is CCN(C)C(=O)CNc1cc(=O)n(C)c2ccccc12. The molecule has 0 aliphatic heterocycles. The van der Waals surface area contributed by atoms with Crippen molar-refractivity contribution in [2.75, 3.05) is 25.5 Å². The van der Waals surface area contributed by atoms with Gasteiger partial charge in [0, 0.05) is 37.8 Å². The lowest BCUT2D eigenvalue weighted by Crippen LogP contribution is -2.32. The van der Waals surface area contributed by atoms with E-state index in [4.69, 9.17) is 0 Å². The molecule has 1 amide bonds. The van der Waals surface area contributed by atoms with Gasteiger partial charge in [0.15, 0.2) is 0 Å². The number of pyridine rings is 1. The van der Waals surface area contributed by atoms with Crippen molar-refractivity contribution in [3.8, 4) is 0 Å². The van der Waals surface area contributed by atoms with Crippen LogP contribution in [0.4, 0.5) is 5.69 Å². The first-order chi connectivity index (χ1) is 9.54. The molecular weight excluding hydrogens is 254 g/mol. The van der Waals surface area contributed by atoms with Crippen LogP contribution >= 0.6 is 0 Å². The molecule has 0 radical (unpaired) electrons. The first kappa shape index (κ1) is 14.1. The number of anilines is 1. The fourth-order valence-corrected chi connectivity index (χ4v) is 2.04. The van der Waals surface area contributed by atoms with E-state index in [1.54, 1.807) is 23.6 Å². The molecule has 0 unspecified atom stereocenters. The number of benzene rings is 1. The molecule has 1 N–H and O–H groups in total. The molecule has 1 aromatic carbocycles. The maximum Gasteiger partial charge on any atom is 0.252 e. The number of carbonyl (C=O) groups is 1. The smallest absolute Gasteiger partial charge is 0.252 e. The minimum absolute atomic E-state index is 0.00254. The molecule has 0 saturated heterocycles. The number of fused-ring (bicyclic) bond motifs is 1. The van der Waals surface area contributed by atoms with Gasteiger partial charge in [-0.3, -0.25) is 9.59 Å². The van der Waals surface area contributed by atoms with Gasteiger partial charge in [-0.1, -0.05) is 18.2 Å². The summed E-state index contributed by atoms with van der Waals surface area (Å²) in [6, 6.07) is 9.16. The highest BCUT2D eigenvalue weighted by Crippen LogP contribution is 2.20. The summed E-state index contributed by atoms with van der Waals surface area (Å²) < 4.78 is 1.60. The van der Waals surface area contributed by atoms with Crippen LogP contribution in [-0.4, -0.2) is 35.5 Å². The number of carbonyl (C=O) groups excluding carboxylic acids is 1. The quantitative estimate of drug-likeness (QED) is 0.917. The minimum atomic E-state index is -0.0949. The molecule has 5 nitrogen and oxygen atoms in total. The van der Waals surface area contributed by atoms with E-state index in [1.165, 1.54) is 6.07 Å². The Bertz CT molecular complexity index is 691. The van der Waals surface area contributed by atoms with Crippen LogP contribution in [0.3, 0.4) is 0 Å². The Morgan fingerprint density at radius 2 is 2.05 bits per heavy atom. The summed E-state index contributed by atoms with van der Waals surface area (Å²) in [5.74, 6) is -0.00254. The van der Waals surface area contributed by atoms with Crippen molar-refractivity contribution in [2.45, 2.75) is 6.92 Å². The van der Waals surface area contributed by atoms with Gasteiger partial charge in [-0.15, -0.1) is 0 Å². The molecular formula is C15H19N3O2. The van der Waals surface area contributed by atoms with Crippen molar-refractivity contribution < 1.29 is 4.79 Å². The highest BCUT2D eigenvalue weighted by Gasteiger charge is 2.09. The van der Waals surface area contributed by atoms with Gasteiger partial charge in [-0.25, -0.2) is 0 Å². The number of nitrogens with one attached hydrogen (secondary N) is 1. The first-order valence-electron chi connectivity index (χ1n) is 6.61. The van der Waals surface area contributed by atoms with Gasteiger partial charge in [-0.2, -0.15) is 0 Å². The Morgan fingerprint density at radius 3 is 2.75 bits per heavy atom. The number of amides is 1. The van der Waals surface area contributed by atoms with E-state index in [9.17, 15) is 9.59 Å². The lowest BCUT2D eigenvalue weighted by molar-refractivity contribution is -0.127. The van der Waals surface area contributed by atoms with Gasteiger partial charge < -0.3 is 14.8 Å². The zero-order valence-corrected chi connectivity index (χ0v) is 12.0. The van der Waals surface area contributed by atoms with Crippen LogP contribution in [0.5, 0.6) is 0 Å². The lowest BCUT2D eigenvalue weighted by atomic mass is 10.2. The third-order valence-corrected chi connectivity index (χ3v) is 3.48. The Kier molecular flexibility index (Phi) is 4.08. The topological polar surface area (TPSA) is 54.3 Å². The average molecular weight is 273 g/mol. The Morgan fingerprint density at radius 1 is 1.35 bits per heavy atom. The predicted molar refractivity (Wildman–Crippen MR) is 81.0 cm³/mol. The number of para-hydroxylation sites is 1. The number of nitrogens with zero attached hydrogens (tertiary/aromatic N) is 2. The Labute approximate surface area is 117 Å².